The molecule has 0 aliphatic rings. The van der Waals surface area contributed by atoms with Crippen LogP contribution < -0.4 is 0 Å². The molecule has 2 heteroatoms. The van der Waals surface area contributed by atoms with Crippen LogP contribution in [-0.2, 0) is 19.3 Å². The van der Waals surface area contributed by atoms with Crippen molar-refractivity contribution >= 4 is 27.6 Å². The summed E-state index contributed by atoms with van der Waals surface area (Å²) in [6, 6.07) is 56.7. The van der Waals surface area contributed by atoms with Crippen LogP contribution >= 0.6 is 0 Å². The number of allylic oxidation sites excluding steroid dienone is 6. The van der Waals surface area contributed by atoms with Crippen LogP contribution in [0.25, 0.3) is 61.3 Å². The molecule has 0 radical (unpaired) electrons. The highest BCUT2D eigenvalue weighted by Crippen LogP contribution is 2.44. The smallest absolute Gasteiger partial charge is 0.0964 e. The van der Waals surface area contributed by atoms with Gasteiger partial charge in [-0.15, -0.1) is 0 Å². The van der Waals surface area contributed by atoms with Gasteiger partial charge in [0.25, 0.3) is 0 Å². The largest absolute Gasteiger partial charge is 0.251 e. The van der Waals surface area contributed by atoms with E-state index in [4.69, 9.17) is 9.97 Å². The molecule has 2 heterocycles. The molecule has 0 unspecified atom stereocenters. The maximum Gasteiger partial charge on any atom is 0.0964 e. The van der Waals surface area contributed by atoms with Gasteiger partial charge in [0.2, 0.25) is 0 Å². The van der Waals surface area contributed by atoms with E-state index in [1.165, 1.54) is 54.9 Å². The van der Waals surface area contributed by atoms with Crippen LogP contribution in [0.2, 0.25) is 0 Å². The molecule has 56 heavy (non-hydrogen) atoms. The zero-order valence-corrected chi connectivity index (χ0v) is 31.8. The van der Waals surface area contributed by atoms with Crippen molar-refractivity contribution < 1.29 is 0 Å². The predicted octanol–water partition coefficient (Wildman–Crippen LogP) is 13.8. The van der Waals surface area contributed by atoms with Crippen LogP contribution in [0, 0.1) is 6.92 Å². The number of aromatic nitrogens is 2. The lowest BCUT2D eigenvalue weighted by atomic mass is 9.85. The number of nitrogens with zero attached hydrogens (tertiary/aromatic N) is 2. The average Bonchev–Trinajstić information content (AvgIpc) is 3.25. The molecule has 0 aliphatic carbocycles. The number of pyridine rings is 2. The Kier molecular flexibility index (Phi) is 11.0. The number of hydrogen-bond donors (Lipinski definition) is 0. The Hall–Kier alpha value is -6.90. The molecule has 0 aliphatic heterocycles. The van der Waals surface area contributed by atoms with E-state index < -0.39 is 0 Å². The van der Waals surface area contributed by atoms with Crippen molar-refractivity contribution in [1.82, 2.24) is 9.97 Å². The number of aryl methyl sites for hydroxylation is 1. The zero-order chi connectivity index (χ0) is 38.1. The van der Waals surface area contributed by atoms with E-state index in [-0.39, 0.29) is 0 Å². The molecule has 0 bridgehead atoms. The number of benzene rings is 6. The fourth-order valence-electron chi connectivity index (χ4n) is 7.61. The lowest BCUT2D eigenvalue weighted by Crippen LogP contribution is -2.02. The van der Waals surface area contributed by atoms with E-state index in [2.05, 4.69) is 183 Å². The fraction of sp³-hybridized carbons (Fsp3) is 0.0741. The summed E-state index contributed by atoms with van der Waals surface area (Å²) >= 11 is 0. The van der Waals surface area contributed by atoms with Crippen molar-refractivity contribution in [1.29, 1.82) is 0 Å². The minimum absolute atomic E-state index is 0.726. The first-order valence-electron chi connectivity index (χ1n) is 19.4. The second-order valence-electron chi connectivity index (χ2n) is 14.1. The first-order chi connectivity index (χ1) is 27.7. The Labute approximate surface area is 330 Å². The number of hydrogen-bond acceptors (Lipinski definition) is 2. The van der Waals surface area contributed by atoms with Crippen molar-refractivity contribution in [2.45, 2.75) is 26.2 Å². The average molecular weight is 721 g/mol. The quantitative estimate of drug-likeness (QED) is 0.0713. The van der Waals surface area contributed by atoms with Gasteiger partial charge >= 0.3 is 0 Å². The summed E-state index contributed by atoms with van der Waals surface area (Å²) in [6.45, 7) is 5.83. The lowest BCUT2D eigenvalue weighted by molar-refractivity contribution is 1.05. The molecule has 2 aromatic heterocycles. The van der Waals surface area contributed by atoms with Gasteiger partial charge in [-0.25, -0.2) is 0 Å². The summed E-state index contributed by atoms with van der Waals surface area (Å²) in [7, 11) is 0. The molecule has 8 rings (SSSR count). The second kappa shape index (κ2) is 17.1. The van der Waals surface area contributed by atoms with Crippen molar-refractivity contribution in [3.05, 3.63) is 234 Å². The minimum atomic E-state index is 0.726. The van der Waals surface area contributed by atoms with Crippen LogP contribution in [-0.4, -0.2) is 9.97 Å². The standard InChI is InChI=1S/C54H44N2/c1-3-4-5-11-27-44-33-31-39(2)55-53(44)54-45(37-40-20-9-6-10-21-40)34-35-46(56-54)28-17-16-22-41-32-36-49-50(38-41)52(43-25-14-8-15-26-43)48-30-19-18-29-47(48)51(49)42-23-12-7-13-24-42/h3-21,23-27,29-36,38H,1,22,28,37H2,2H3/b5-4-,17-16-,27-11-. The maximum atomic E-state index is 5.30. The Morgan fingerprint density at radius 1 is 0.500 bits per heavy atom. The monoisotopic (exact) mass is 720 g/mol. The van der Waals surface area contributed by atoms with Crippen molar-refractivity contribution in [2.24, 2.45) is 0 Å². The second-order valence-corrected chi connectivity index (χ2v) is 14.1. The highest BCUT2D eigenvalue weighted by Gasteiger charge is 2.17. The normalized spacial score (nSPS) is 11.7. The third-order valence-corrected chi connectivity index (χ3v) is 10.3. The highest BCUT2D eigenvalue weighted by molar-refractivity contribution is 6.21. The predicted molar refractivity (Wildman–Crippen MR) is 239 cm³/mol. The molecule has 8 aromatic rings. The van der Waals surface area contributed by atoms with Crippen LogP contribution in [0.5, 0.6) is 0 Å². The maximum absolute atomic E-state index is 5.30. The molecule has 6 aromatic carbocycles. The van der Waals surface area contributed by atoms with E-state index >= 15 is 0 Å². The molecule has 2 nitrogen and oxygen atoms in total. The van der Waals surface area contributed by atoms with Gasteiger partial charge in [-0.3, -0.25) is 9.97 Å². The van der Waals surface area contributed by atoms with Gasteiger partial charge in [0.15, 0.2) is 0 Å². The molecule has 0 fully saturated rings. The molecule has 0 amide bonds. The first-order valence-corrected chi connectivity index (χ1v) is 19.4. The summed E-state index contributed by atoms with van der Waals surface area (Å²) in [6.07, 6.45) is 16.7. The molecule has 270 valence electrons. The summed E-state index contributed by atoms with van der Waals surface area (Å²) in [5.41, 5.74) is 13.6. The molecule has 0 spiro atoms. The van der Waals surface area contributed by atoms with Gasteiger partial charge in [0.1, 0.15) is 0 Å². The minimum Gasteiger partial charge on any atom is -0.251 e. The first kappa shape index (κ1) is 36.1. The molecule has 0 atom stereocenters. The van der Waals surface area contributed by atoms with Crippen LogP contribution in [0.3, 0.4) is 0 Å². The van der Waals surface area contributed by atoms with E-state index in [1.54, 1.807) is 6.08 Å². The van der Waals surface area contributed by atoms with Gasteiger partial charge < -0.3 is 0 Å². The third kappa shape index (κ3) is 7.97. The van der Waals surface area contributed by atoms with Crippen molar-refractivity contribution in [3.63, 3.8) is 0 Å². The van der Waals surface area contributed by atoms with E-state index in [0.29, 0.717) is 0 Å². The van der Waals surface area contributed by atoms with Gasteiger partial charge in [0.05, 0.1) is 11.4 Å². The summed E-state index contributed by atoms with van der Waals surface area (Å²) in [4.78, 5) is 10.3. The SMILES string of the molecule is C=C/C=C\C=C/c1ccc(C)nc1-c1nc(C/C=C\Cc2ccc3c(-c4ccccc4)c4ccccc4c(-c4ccccc4)c3c2)ccc1Cc1ccccc1. The third-order valence-electron chi connectivity index (χ3n) is 10.3. The van der Waals surface area contributed by atoms with Gasteiger partial charge in [-0.1, -0.05) is 195 Å². The number of rotatable bonds is 12. The Balaban J connectivity index is 1.14. The summed E-state index contributed by atoms with van der Waals surface area (Å²) < 4.78 is 0. The van der Waals surface area contributed by atoms with Gasteiger partial charge in [0, 0.05) is 23.4 Å². The summed E-state index contributed by atoms with van der Waals surface area (Å²) in [5, 5.41) is 5.08. The molecular formula is C54H44N2. The Bertz CT molecular complexity index is 2720. The van der Waals surface area contributed by atoms with E-state index in [0.717, 1.165) is 53.2 Å². The molecule has 0 N–H and O–H groups in total. The summed E-state index contributed by atoms with van der Waals surface area (Å²) in [5.74, 6) is 0. The van der Waals surface area contributed by atoms with Crippen LogP contribution in [0.1, 0.15) is 33.6 Å². The van der Waals surface area contributed by atoms with Crippen molar-refractivity contribution in [2.75, 3.05) is 0 Å². The fourth-order valence-corrected chi connectivity index (χ4v) is 7.61. The topological polar surface area (TPSA) is 25.8 Å². The Morgan fingerprint density at radius 3 is 1.82 bits per heavy atom. The zero-order valence-electron chi connectivity index (χ0n) is 31.8. The lowest BCUT2D eigenvalue weighted by Gasteiger charge is -2.18. The van der Waals surface area contributed by atoms with E-state index in [1.807, 2.05) is 25.2 Å². The Morgan fingerprint density at radius 2 is 1.12 bits per heavy atom. The van der Waals surface area contributed by atoms with E-state index in [9.17, 15) is 0 Å². The van der Waals surface area contributed by atoms with Crippen LogP contribution in [0.15, 0.2) is 201 Å². The van der Waals surface area contributed by atoms with Crippen LogP contribution in [0.4, 0.5) is 0 Å². The van der Waals surface area contributed by atoms with Crippen molar-refractivity contribution in [3.8, 4) is 33.6 Å². The number of fused-ring (bicyclic) bond motifs is 2. The highest BCUT2D eigenvalue weighted by atomic mass is 14.8. The molecule has 0 saturated heterocycles. The van der Waals surface area contributed by atoms with Gasteiger partial charge in [-0.05, 0) is 92.4 Å². The van der Waals surface area contributed by atoms with Gasteiger partial charge in [-0.2, -0.15) is 0 Å². The molecular weight excluding hydrogens is 677 g/mol. The molecule has 0 saturated carbocycles.